The molecule has 0 radical (unpaired) electrons. The van der Waals surface area contributed by atoms with E-state index in [-0.39, 0.29) is 24.8 Å². The van der Waals surface area contributed by atoms with E-state index in [1.165, 1.54) is 5.56 Å². The number of aromatic nitrogens is 1. The number of morpholine rings is 1. The topological polar surface area (TPSA) is 37.4 Å². The van der Waals surface area contributed by atoms with Crippen molar-refractivity contribution in [2.45, 2.75) is 6.54 Å². The van der Waals surface area contributed by atoms with Crippen LogP contribution in [-0.2, 0) is 11.3 Å². The SMILES string of the molecule is Cl.Cl.c1cc(CNCCN2CCOCC2)ccn1. The number of nitrogens with zero attached hydrogens (tertiary/aromatic N) is 2. The average molecular weight is 294 g/mol. The van der Waals surface area contributed by atoms with Crippen LogP contribution < -0.4 is 5.32 Å². The van der Waals surface area contributed by atoms with Crippen molar-refractivity contribution >= 4 is 24.8 Å². The quantitative estimate of drug-likeness (QED) is 0.832. The van der Waals surface area contributed by atoms with Gasteiger partial charge in [-0.3, -0.25) is 9.88 Å². The molecule has 1 aliphatic heterocycles. The summed E-state index contributed by atoms with van der Waals surface area (Å²) in [6, 6.07) is 4.09. The van der Waals surface area contributed by atoms with E-state index in [2.05, 4.69) is 15.2 Å². The second kappa shape index (κ2) is 10.5. The van der Waals surface area contributed by atoms with Crippen molar-refractivity contribution in [1.29, 1.82) is 0 Å². The van der Waals surface area contributed by atoms with Crippen LogP contribution in [0.1, 0.15) is 5.56 Å². The van der Waals surface area contributed by atoms with Crippen molar-refractivity contribution < 1.29 is 4.74 Å². The number of pyridine rings is 1. The predicted molar refractivity (Wildman–Crippen MR) is 77.7 cm³/mol. The predicted octanol–water partition coefficient (Wildman–Crippen LogP) is 1.35. The summed E-state index contributed by atoms with van der Waals surface area (Å²) in [4.78, 5) is 6.43. The van der Waals surface area contributed by atoms with Crippen molar-refractivity contribution in [3.63, 3.8) is 0 Å². The maximum atomic E-state index is 5.31. The Morgan fingerprint density at radius 2 is 1.83 bits per heavy atom. The fraction of sp³-hybridized carbons (Fsp3) is 0.583. The molecule has 0 unspecified atom stereocenters. The van der Waals surface area contributed by atoms with Gasteiger partial charge in [0, 0.05) is 45.1 Å². The number of hydrogen-bond acceptors (Lipinski definition) is 4. The van der Waals surface area contributed by atoms with Crippen LogP contribution in [0.25, 0.3) is 0 Å². The number of hydrogen-bond donors (Lipinski definition) is 1. The fourth-order valence-corrected chi connectivity index (χ4v) is 1.80. The number of halogens is 2. The number of ether oxygens (including phenoxy) is 1. The van der Waals surface area contributed by atoms with E-state index in [9.17, 15) is 0 Å². The van der Waals surface area contributed by atoms with Gasteiger partial charge in [0.2, 0.25) is 0 Å². The first-order chi connectivity index (χ1) is 7.95. The van der Waals surface area contributed by atoms with Gasteiger partial charge in [-0.25, -0.2) is 0 Å². The fourth-order valence-electron chi connectivity index (χ4n) is 1.80. The molecule has 1 N–H and O–H groups in total. The molecule has 0 bridgehead atoms. The van der Waals surface area contributed by atoms with Gasteiger partial charge in [-0.15, -0.1) is 24.8 Å². The van der Waals surface area contributed by atoms with Crippen molar-refractivity contribution in [3.05, 3.63) is 30.1 Å². The Morgan fingerprint density at radius 3 is 2.50 bits per heavy atom. The summed E-state index contributed by atoms with van der Waals surface area (Å²) in [6.45, 7) is 6.95. The molecule has 2 heterocycles. The minimum atomic E-state index is 0. The molecule has 0 aromatic carbocycles. The molecule has 0 spiro atoms. The molecule has 2 rings (SSSR count). The molecule has 6 heteroatoms. The van der Waals surface area contributed by atoms with Gasteiger partial charge in [0.25, 0.3) is 0 Å². The second-order valence-electron chi connectivity index (χ2n) is 3.99. The molecule has 18 heavy (non-hydrogen) atoms. The van der Waals surface area contributed by atoms with Gasteiger partial charge in [-0.2, -0.15) is 0 Å². The Labute approximate surface area is 121 Å². The van der Waals surface area contributed by atoms with Gasteiger partial charge in [0.1, 0.15) is 0 Å². The zero-order chi connectivity index (χ0) is 11.1. The lowest BCUT2D eigenvalue weighted by atomic mass is 10.3. The van der Waals surface area contributed by atoms with Crippen LogP contribution >= 0.6 is 24.8 Å². The zero-order valence-electron chi connectivity index (χ0n) is 10.4. The molecule has 0 amide bonds. The Morgan fingerprint density at radius 1 is 1.17 bits per heavy atom. The van der Waals surface area contributed by atoms with E-state index in [1.807, 2.05) is 24.5 Å². The molecule has 1 fully saturated rings. The van der Waals surface area contributed by atoms with Crippen molar-refractivity contribution in [2.24, 2.45) is 0 Å². The molecule has 4 nitrogen and oxygen atoms in total. The van der Waals surface area contributed by atoms with E-state index >= 15 is 0 Å². The molecule has 1 aliphatic rings. The van der Waals surface area contributed by atoms with Crippen LogP contribution in [0.4, 0.5) is 0 Å². The Hall–Kier alpha value is -0.390. The first-order valence-corrected chi connectivity index (χ1v) is 5.85. The lowest BCUT2D eigenvalue weighted by molar-refractivity contribution is 0.0384. The summed E-state index contributed by atoms with van der Waals surface area (Å²) in [6.07, 6.45) is 3.66. The lowest BCUT2D eigenvalue weighted by Gasteiger charge is -2.26. The van der Waals surface area contributed by atoms with E-state index in [0.29, 0.717) is 0 Å². The third-order valence-electron chi connectivity index (χ3n) is 2.79. The van der Waals surface area contributed by atoms with Gasteiger partial charge >= 0.3 is 0 Å². The van der Waals surface area contributed by atoms with E-state index in [1.54, 1.807) is 0 Å². The van der Waals surface area contributed by atoms with Crippen LogP contribution in [0.15, 0.2) is 24.5 Å². The largest absolute Gasteiger partial charge is 0.379 e. The van der Waals surface area contributed by atoms with Crippen molar-refractivity contribution in [2.75, 3.05) is 39.4 Å². The summed E-state index contributed by atoms with van der Waals surface area (Å²) in [5, 5.41) is 3.44. The summed E-state index contributed by atoms with van der Waals surface area (Å²) in [7, 11) is 0. The first-order valence-electron chi connectivity index (χ1n) is 5.85. The zero-order valence-corrected chi connectivity index (χ0v) is 12.0. The van der Waals surface area contributed by atoms with Gasteiger partial charge in [0.05, 0.1) is 13.2 Å². The van der Waals surface area contributed by atoms with Crippen LogP contribution in [-0.4, -0.2) is 49.3 Å². The Balaban J connectivity index is 0.00000144. The lowest BCUT2D eigenvalue weighted by Crippen LogP contribution is -2.40. The Kier molecular flexibility index (Phi) is 10.3. The van der Waals surface area contributed by atoms with Crippen LogP contribution in [0.3, 0.4) is 0 Å². The maximum absolute atomic E-state index is 5.31. The molecule has 0 atom stereocenters. The minimum absolute atomic E-state index is 0. The summed E-state index contributed by atoms with van der Waals surface area (Å²) >= 11 is 0. The average Bonchev–Trinajstić information content (AvgIpc) is 2.37. The van der Waals surface area contributed by atoms with Gasteiger partial charge < -0.3 is 10.1 Å². The number of rotatable bonds is 5. The van der Waals surface area contributed by atoms with Gasteiger partial charge in [-0.1, -0.05) is 0 Å². The third-order valence-corrected chi connectivity index (χ3v) is 2.79. The Bertz CT molecular complexity index is 295. The van der Waals surface area contributed by atoms with E-state index < -0.39 is 0 Å². The number of nitrogens with one attached hydrogen (secondary N) is 1. The summed E-state index contributed by atoms with van der Waals surface area (Å²) in [5.74, 6) is 0. The highest BCUT2D eigenvalue weighted by Gasteiger charge is 2.08. The van der Waals surface area contributed by atoms with Crippen molar-refractivity contribution in [3.8, 4) is 0 Å². The van der Waals surface area contributed by atoms with Crippen LogP contribution in [0.5, 0.6) is 0 Å². The van der Waals surface area contributed by atoms with Gasteiger partial charge in [0.15, 0.2) is 0 Å². The van der Waals surface area contributed by atoms with Crippen LogP contribution in [0, 0.1) is 0 Å². The molecule has 1 saturated heterocycles. The summed E-state index contributed by atoms with van der Waals surface area (Å²) < 4.78 is 5.31. The maximum Gasteiger partial charge on any atom is 0.0594 e. The molecule has 0 aliphatic carbocycles. The normalized spacial score (nSPS) is 15.6. The minimum Gasteiger partial charge on any atom is -0.379 e. The molecule has 0 saturated carbocycles. The third kappa shape index (κ3) is 6.52. The molecule has 1 aromatic rings. The molecule has 104 valence electrons. The van der Waals surface area contributed by atoms with Crippen molar-refractivity contribution in [1.82, 2.24) is 15.2 Å². The second-order valence-corrected chi connectivity index (χ2v) is 3.99. The van der Waals surface area contributed by atoms with E-state index in [0.717, 1.165) is 45.9 Å². The van der Waals surface area contributed by atoms with Gasteiger partial charge in [-0.05, 0) is 17.7 Å². The highest BCUT2D eigenvalue weighted by atomic mass is 35.5. The highest BCUT2D eigenvalue weighted by molar-refractivity contribution is 5.85. The van der Waals surface area contributed by atoms with E-state index in [4.69, 9.17) is 4.74 Å². The standard InChI is InChI=1S/C12H19N3O.2ClH/c1-3-13-4-2-12(1)11-14-5-6-15-7-9-16-10-8-15;;/h1-4,14H,5-11H2;2*1H. The monoisotopic (exact) mass is 293 g/mol. The summed E-state index contributed by atoms with van der Waals surface area (Å²) in [5.41, 5.74) is 1.29. The molecular weight excluding hydrogens is 273 g/mol. The highest BCUT2D eigenvalue weighted by Crippen LogP contribution is 1.96. The molecule has 1 aromatic heterocycles. The molecular formula is C12H21Cl2N3O. The van der Waals surface area contributed by atoms with Crippen LogP contribution in [0.2, 0.25) is 0 Å². The smallest absolute Gasteiger partial charge is 0.0594 e. The first kappa shape index (κ1) is 17.6.